The first-order valence-corrected chi connectivity index (χ1v) is 5.40. The normalized spacial score (nSPS) is 1.50. The van der Waals surface area contributed by atoms with Crippen molar-refractivity contribution in [3.63, 3.8) is 0 Å². The molecule has 0 rings (SSSR count). The average Bonchev–Trinajstić information content (AvgIpc) is 1.00. The van der Waals surface area contributed by atoms with E-state index < -0.39 is 0 Å². The number of hydrogen-bond acceptors (Lipinski definition) is 0. The Morgan fingerprint density at radius 2 is 0.750 bits per heavy atom. The van der Waals surface area contributed by atoms with Crippen molar-refractivity contribution in [2.45, 2.75) is 0 Å². The molecule has 0 N–H and O–H groups in total. The summed E-state index contributed by atoms with van der Waals surface area (Å²) in [5, 5.41) is 0. The van der Waals surface area contributed by atoms with Crippen molar-refractivity contribution >= 4 is 68.0 Å². The predicted octanol–water partition coefficient (Wildman–Crippen LogP) is -3.66. The molecule has 0 heterocycles. The summed E-state index contributed by atoms with van der Waals surface area (Å²) in [6, 6.07) is 0. The fraction of sp³-hybridized carbons (Fsp3) is 0. The van der Waals surface area contributed by atoms with Crippen LogP contribution in [0.4, 0.5) is 0 Å². The van der Waals surface area contributed by atoms with Crippen LogP contribution >= 0.6 is 0 Å². The molecule has 4 heavy (non-hydrogen) atoms. The molecule has 26 valence electrons. The summed E-state index contributed by atoms with van der Waals surface area (Å²) in [4.78, 5) is 0. The number of rotatable bonds is 0. The van der Waals surface area contributed by atoms with E-state index in [4.69, 9.17) is 0 Å². The molecule has 0 unspecified atom stereocenters. The van der Waals surface area contributed by atoms with Crippen molar-refractivity contribution in [3.05, 3.63) is 0 Å². The van der Waals surface area contributed by atoms with Crippen LogP contribution in [0.15, 0.2) is 0 Å². The van der Waals surface area contributed by atoms with Gasteiger partial charge in [-0.25, -0.2) is 0 Å². The van der Waals surface area contributed by atoms with Gasteiger partial charge in [0.05, 0.1) is 0 Å². The summed E-state index contributed by atoms with van der Waals surface area (Å²) >= 11 is 4.50. The van der Waals surface area contributed by atoms with Gasteiger partial charge in [-0.15, -0.1) is 0 Å². The Morgan fingerprint density at radius 1 is 0.750 bits per heavy atom. The van der Waals surface area contributed by atoms with Gasteiger partial charge in [-0.3, -0.25) is 0 Å². The standard InChI is InChI=1S/2Ga.H2Se2.6H/c;;1-2;;;;;;/h;;1-2H;;;;;;. The van der Waals surface area contributed by atoms with E-state index in [2.05, 4.69) is 28.4 Å². The first kappa shape index (κ1) is 16.2. The van der Waals surface area contributed by atoms with Crippen molar-refractivity contribution in [2.24, 2.45) is 0 Å². The van der Waals surface area contributed by atoms with E-state index in [1.165, 1.54) is 0 Å². The second-order valence-electron chi connectivity index (χ2n) is 0. The second-order valence-corrected chi connectivity index (χ2v) is 0. The summed E-state index contributed by atoms with van der Waals surface area (Å²) < 4.78 is 0. The third-order valence-corrected chi connectivity index (χ3v) is 0. The zero-order valence-electron chi connectivity index (χ0n) is 0.894. The van der Waals surface area contributed by atoms with Crippen LogP contribution in [0.3, 0.4) is 0 Å². The molecular weight excluding hydrogens is 297 g/mol. The molecule has 0 atom stereocenters. The molecule has 4 heteroatoms. The van der Waals surface area contributed by atoms with Crippen LogP contribution in [0.2, 0.25) is 0 Å². The van der Waals surface area contributed by atoms with Crippen molar-refractivity contribution in [3.8, 4) is 0 Å². The maximum absolute atomic E-state index is 2.25. The summed E-state index contributed by atoms with van der Waals surface area (Å²) in [6.45, 7) is 0. The summed E-state index contributed by atoms with van der Waals surface area (Å²) in [7, 11) is 0. The summed E-state index contributed by atoms with van der Waals surface area (Å²) in [5.41, 5.74) is 0. The zero-order chi connectivity index (χ0) is 2.00. The Hall–Kier alpha value is 2.31. The van der Waals surface area contributed by atoms with Gasteiger partial charge in [0.25, 0.3) is 0 Å². The van der Waals surface area contributed by atoms with Crippen molar-refractivity contribution in [1.82, 2.24) is 0 Å². The Kier molecular flexibility index (Phi) is 75.0. The molecule has 0 nitrogen and oxygen atoms in total. The molecular formula is H8Ga2Se2. The van der Waals surface area contributed by atoms with E-state index in [0.29, 0.717) is 0 Å². The maximum atomic E-state index is 2.25. The Bertz CT molecular complexity index is 4.00. The van der Waals surface area contributed by atoms with Crippen LogP contribution < -0.4 is 0 Å². The van der Waals surface area contributed by atoms with E-state index >= 15 is 0 Å². The van der Waals surface area contributed by atoms with Gasteiger partial charge in [0, 0.05) is 0 Å². The molecule has 0 aliphatic carbocycles. The predicted molar refractivity (Wildman–Crippen MR) is 34.2 cm³/mol. The van der Waals surface area contributed by atoms with Crippen LogP contribution in [0.1, 0.15) is 0 Å². The molecule has 0 radical (unpaired) electrons. The molecule has 0 aromatic rings. The molecule has 0 aliphatic rings. The van der Waals surface area contributed by atoms with Crippen LogP contribution in [-0.2, 0) is 0 Å². The third kappa shape index (κ3) is 8.85. The molecule has 0 amide bonds. The van der Waals surface area contributed by atoms with Crippen molar-refractivity contribution in [2.75, 3.05) is 0 Å². The summed E-state index contributed by atoms with van der Waals surface area (Å²) in [5.74, 6) is 0. The molecule has 0 aromatic carbocycles. The van der Waals surface area contributed by atoms with Crippen LogP contribution in [0.25, 0.3) is 0 Å². The van der Waals surface area contributed by atoms with Gasteiger partial charge in [-0.1, -0.05) is 0 Å². The minimum absolute atomic E-state index is 0. The molecule has 0 aromatic heterocycles. The molecule has 0 fully saturated rings. The minimum atomic E-state index is 0. The molecule has 0 aliphatic heterocycles. The molecule has 0 saturated carbocycles. The molecule has 0 spiro atoms. The van der Waals surface area contributed by atoms with Gasteiger partial charge in [0.2, 0.25) is 0 Å². The fourth-order valence-corrected chi connectivity index (χ4v) is 0. The van der Waals surface area contributed by atoms with E-state index in [-0.39, 0.29) is 39.6 Å². The van der Waals surface area contributed by atoms with Crippen LogP contribution in [0.5, 0.6) is 0 Å². The molecule has 0 saturated heterocycles. The summed E-state index contributed by atoms with van der Waals surface area (Å²) in [6.07, 6.45) is 0. The Labute approximate surface area is 67.2 Å². The van der Waals surface area contributed by atoms with E-state index in [1.807, 2.05) is 0 Å². The topological polar surface area (TPSA) is 0 Å². The first-order chi connectivity index (χ1) is 1.00. The van der Waals surface area contributed by atoms with Gasteiger partial charge in [0.1, 0.15) is 0 Å². The second kappa shape index (κ2) is 18.5. The third-order valence-electron chi connectivity index (χ3n) is 0. The van der Waals surface area contributed by atoms with Gasteiger partial charge < -0.3 is 0 Å². The van der Waals surface area contributed by atoms with Crippen molar-refractivity contribution in [1.29, 1.82) is 0 Å². The molecule has 0 bridgehead atoms. The average molecular weight is 305 g/mol. The van der Waals surface area contributed by atoms with Gasteiger partial charge in [-0.05, 0) is 0 Å². The van der Waals surface area contributed by atoms with Gasteiger partial charge >= 0.3 is 68.0 Å². The van der Waals surface area contributed by atoms with Gasteiger partial charge in [-0.2, -0.15) is 0 Å². The zero-order valence-corrected chi connectivity index (χ0v) is 4.65. The number of hydrogen-bond donors (Lipinski definition) is 0. The van der Waals surface area contributed by atoms with Crippen LogP contribution in [0, 0.1) is 0 Å². The monoisotopic (exact) mass is 306 g/mol. The first-order valence-electron chi connectivity index (χ1n) is 0.200. The Morgan fingerprint density at radius 3 is 0.750 bits per heavy atom. The van der Waals surface area contributed by atoms with Crippen LogP contribution in [-0.4, -0.2) is 68.0 Å². The van der Waals surface area contributed by atoms with Gasteiger partial charge in [0.15, 0.2) is 0 Å². The van der Waals surface area contributed by atoms with E-state index in [9.17, 15) is 0 Å². The SMILES string of the molecule is [GaH3].[GaH3].[SeH][SeH]. The van der Waals surface area contributed by atoms with E-state index in [0.717, 1.165) is 0 Å². The Balaban J connectivity index is -0.00000000500. The quantitative estimate of drug-likeness (QED) is 0.405. The fourth-order valence-electron chi connectivity index (χ4n) is 0. The van der Waals surface area contributed by atoms with Crippen molar-refractivity contribution < 1.29 is 0 Å². The van der Waals surface area contributed by atoms with E-state index in [1.54, 1.807) is 0 Å².